The van der Waals surface area contributed by atoms with Gasteiger partial charge in [0.15, 0.2) is 0 Å². The number of hydrogen-bond acceptors (Lipinski definition) is 4. The second-order valence-corrected chi connectivity index (χ2v) is 11.3. The van der Waals surface area contributed by atoms with E-state index in [0.717, 1.165) is 56.4 Å². The van der Waals surface area contributed by atoms with Crippen molar-refractivity contribution in [3.8, 4) is 34.4 Å². The molecule has 0 heterocycles. The lowest BCUT2D eigenvalue weighted by molar-refractivity contribution is 1.28. The van der Waals surface area contributed by atoms with Crippen molar-refractivity contribution in [2.24, 2.45) is 0 Å². The van der Waals surface area contributed by atoms with Crippen LogP contribution in [0.4, 0.5) is 34.1 Å². The van der Waals surface area contributed by atoms with Crippen molar-refractivity contribution in [1.29, 1.82) is 10.5 Å². The van der Waals surface area contributed by atoms with Crippen LogP contribution in [0, 0.1) is 22.7 Å². The van der Waals surface area contributed by atoms with E-state index >= 15 is 0 Å². The first kappa shape index (κ1) is 29.8. The lowest BCUT2D eigenvalue weighted by Crippen LogP contribution is -2.09. The molecule has 7 aromatic carbocycles. The molecule has 0 saturated heterocycles. The Morgan fingerprint density at radius 2 is 0.562 bits per heavy atom. The van der Waals surface area contributed by atoms with Crippen molar-refractivity contribution in [2.45, 2.75) is 0 Å². The highest BCUT2D eigenvalue weighted by Gasteiger charge is 2.17. The van der Waals surface area contributed by atoms with E-state index in [2.05, 4.69) is 119 Å². The Balaban J connectivity index is 1.30. The quantitative estimate of drug-likeness (QED) is 0.171. The summed E-state index contributed by atoms with van der Waals surface area (Å²) in [4.78, 5) is 4.43. The first-order valence-corrected chi connectivity index (χ1v) is 15.7. The molecule has 0 unspecified atom stereocenters. The van der Waals surface area contributed by atoms with E-state index in [1.54, 1.807) is 0 Å². The molecule has 0 aliphatic heterocycles. The van der Waals surface area contributed by atoms with Gasteiger partial charge >= 0.3 is 0 Å². The average molecular weight is 615 g/mol. The molecule has 0 amide bonds. The molecule has 7 aromatic rings. The molecule has 0 aromatic heterocycles. The lowest BCUT2D eigenvalue weighted by atomic mass is 9.90. The van der Waals surface area contributed by atoms with Gasteiger partial charge in [-0.05, 0) is 107 Å². The van der Waals surface area contributed by atoms with Crippen LogP contribution >= 0.6 is 0 Å². The van der Waals surface area contributed by atoms with Gasteiger partial charge in [-0.15, -0.1) is 0 Å². The molecular formula is C44H30N4. The summed E-state index contributed by atoms with van der Waals surface area (Å²) >= 11 is 0. The first-order chi connectivity index (χ1) is 23.7. The van der Waals surface area contributed by atoms with Gasteiger partial charge in [0.05, 0.1) is 11.1 Å². The zero-order valence-electron chi connectivity index (χ0n) is 26.1. The van der Waals surface area contributed by atoms with E-state index in [0.29, 0.717) is 11.1 Å². The van der Waals surface area contributed by atoms with E-state index in [4.69, 9.17) is 0 Å². The Kier molecular flexibility index (Phi) is 8.46. The number of para-hydroxylation sites is 4. The Hall–Kier alpha value is -6.88. The molecule has 226 valence electrons. The molecule has 0 aliphatic rings. The molecule has 0 saturated carbocycles. The van der Waals surface area contributed by atoms with Crippen molar-refractivity contribution in [3.63, 3.8) is 0 Å². The second-order valence-electron chi connectivity index (χ2n) is 11.3. The number of rotatable bonds is 8. The number of benzene rings is 7. The Morgan fingerprint density at radius 1 is 0.312 bits per heavy atom. The third-order valence-electron chi connectivity index (χ3n) is 8.33. The lowest BCUT2D eigenvalue weighted by Gasteiger charge is -2.26. The predicted octanol–water partition coefficient (Wildman–Crippen LogP) is 11.7. The summed E-state index contributed by atoms with van der Waals surface area (Å²) in [7, 11) is 0. The molecule has 0 radical (unpaired) electrons. The van der Waals surface area contributed by atoms with Crippen molar-refractivity contribution < 1.29 is 0 Å². The highest BCUT2D eigenvalue weighted by molar-refractivity contribution is 5.88. The van der Waals surface area contributed by atoms with Crippen molar-refractivity contribution in [3.05, 3.63) is 193 Å². The number of hydrogen-bond donors (Lipinski definition) is 0. The van der Waals surface area contributed by atoms with E-state index in [1.165, 1.54) is 0 Å². The van der Waals surface area contributed by atoms with Crippen LogP contribution in [0.2, 0.25) is 0 Å². The first-order valence-electron chi connectivity index (χ1n) is 15.7. The SMILES string of the molecule is N#Cc1cc(-c2ccc(N(c3ccccc3)c3ccccc3)cc2)c(-c2ccc(N(c3ccccc3)c3ccccc3)cc2)cc1C#N. The van der Waals surface area contributed by atoms with Crippen LogP contribution in [0.5, 0.6) is 0 Å². The van der Waals surface area contributed by atoms with Gasteiger partial charge in [0.25, 0.3) is 0 Å². The summed E-state index contributed by atoms with van der Waals surface area (Å²) in [6.07, 6.45) is 0. The van der Waals surface area contributed by atoms with Crippen LogP contribution in [0.15, 0.2) is 182 Å². The van der Waals surface area contributed by atoms with Gasteiger partial charge in [-0.1, -0.05) is 97.1 Å². The molecule has 4 nitrogen and oxygen atoms in total. The van der Waals surface area contributed by atoms with E-state index in [9.17, 15) is 10.5 Å². The van der Waals surface area contributed by atoms with Crippen LogP contribution in [0.25, 0.3) is 22.3 Å². The Bertz CT molecular complexity index is 1980. The van der Waals surface area contributed by atoms with E-state index in [-0.39, 0.29) is 0 Å². The van der Waals surface area contributed by atoms with E-state index < -0.39 is 0 Å². The standard InChI is InChI=1S/C44H30N4/c45-31-35-29-43(33-21-25-41(26-22-33)47(37-13-5-1-6-14-37)38-15-7-2-8-16-38)44(30-36(35)32-46)34-23-27-42(28-24-34)48(39-17-9-3-10-18-39)40-19-11-4-12-20-40/h1-30H. The van der Waals surface area contributed by atoms with Gasteiger partial charge in [0, 0.05) is 34.1 Å². The van der Waals surface area contributed by atoms with Crippen molar-refractivity contribution in [2.75, 3.05) is 9.80 Å². The fraction of sp³-hybridized carbons (Fsp3) is 0. The predicted molar refractivity (Wildman–Crippen MR) is 196 cm³/mol. The highest BCUT2D eigenvalue weighted by atomic mass is 15.1. The van der Waals surface area contributed by atoms with Gasteiger partial charge in [-0.25, -0.2) is 0 Å². The third-order valence-corrected chi connectivity index (χ3v) is 8.33. The maximum atomic E-state index is 9.95. The van der Waals surface area contributed by atoms with Crippen LogP contribution in [0.3, 0.4) is 0 Å². The summed E-state index contributed by atoms with van der Waals surface area (Å²) in [5, 5.41) is 19.9. The molecule has 0 atom stereocenters. The second kappa shape index (κ2) is 13.6. The van der Waals surface area contributed by atoms with Crippen LogP contribution < -0.4 is 9.80 Å². The van der Waals surface area contributed by atoms with E-state index in [1.807, 2.05) is 84.9 Å². The van der Waals surface area contributed by atoms with Crippen molar-refractivity contribution in [1.82, 2.24) is 0 Å². The molecule has 0 fully saturated rings. The minimum absolute atomic E-state index is 0.353. The summed E-state index contributed by atoms with van der Waals surface area (Å²) in [5.41, 5.74) is 10.6. The normalized spacial score (nSPS) is 10.5. The largest absolute Gasteiger partial charge is 0.311 e. The van der Waals surface area contributed by atoms with Crippen LogP contribution in [-0.4, -0.2) is 0 Å². The molecule has 4 heteroatoms. The maximum Gasteiger partial charge on any atom is 0.101 e. The third kappa shape index (κ3) is 6.03. The van der Waals surface area contributed by atoms with Gasteiger partial charge < -0.3 is 9.80 Å². The monoisotopic (exact) mass is 614 g/mol. The Morgan fingerprint density at radius 3 is 0.812 bits per heavy atom. The van der Waals surface area contributed by atoms with Gasteiger partial charge in [-0.2, -0.15) is 10.5 Å². The average Bonchev–Trinajstić information content (AvgIpc) is 3.17. The molecule has 48 heavy (non-hydrogen) atoms. The zero-order valence-corrected chi connectivity index (χ0v) is 26.1. The minimum Gasteiger partial charge on any atom is -0.311 e. The molecule has 0 aliphatic carbocycles. The number of nitriles is 2. The zero-order chi connectivity index (χ0) is 32.7. The topological polar surface area (TPSA) is 54.1 Å². The molecular weight excluding hydrogens is 585 g/mol. The maximum absolute atomic E-state index is 9.95. The van der Waals surface area contributed by atoms with Crippen LogP contribution in [-0.2, 0) is 0 Å². The van der Waals surface area contributed by atoms with Gasteiger partial charge in [0.2, 0.25) is 0 Å². The summed E-state index contributed by atoms with van der Waals surface area (Å²) in [6, 6.07) is 66.0. The molecule has 0 spiro atoms. The summed E-state index contributed by atoms with van der Waals surface area (Å²) in [5.74, 6) is 0. The number of anilines is 6. The molecule has 7 rings (SSSR count). The molecule has 0 bridgehead atoms. The fourth-order valence-corrected chi connectivity index (χ4v) is 6.05. The van der Waals surface area contributed by atoms with Crippen LogP contribution in [0.1, 0.15) is 11.1 Å². The minimum atomic E-state index is 0.353. The molecule has 0 N–H and O–H groups in total. The summed E-state index contributed by atoms with van der Waals surface area (Å²) in [6.45, 7) is 0. The highest BCUT2D eigenvalue weighted by Crippen LogP contribution is 2.40. The van der Waals surface area contributed by atoms with Crippen molar-refractivity contribution >= 4 is 34.1 Å². The smallest absolute Gasteiger partial charge is 0.101 e. The van der Waals surface area contributed by atoms with Gasteiger partial charge in [0.1, 0.15) is 12.1 Å². The summed E-state index contributed by atoms with van der Waals surface area (Å²) < 4.78 is 0. The Labute approximate surface area is 281 Å². The fourth-order valence-electron chi connectivity index (χ4n) is 6.05. The van der Waals surface area contributed by atoms with Gasteiger partial charge in [-0.3, -0.25) is 0 Å². The number of nitrogens with zero attached hydrogens (tertiary/aromatic N) is 4.